The molecule has 2 N–H and O–H groups in total. The van der Waals surface area contributed by atoms with Crippen LogP contribution in [0.5, 0.6) is 0 Å². The van der Waals surface area contributed by atoms with Crippen molar-refractivity contribution in [3.8, 4) is 0 Å². The molecule has 0 radical (unpaired) electrons. The van der Waals surface area contributed by atoms with Gasteiger partial charge < -0.3 is 10.4 Å². The first-order chi connectivity index (χ1) is 9.97. The number of hydrogen-bond acceptors (Lipinski definition) is 3. The number of aliphatic hydroxyl groups is 1. The zero-order chi connectivity index (χ0) is 15.4. The summed E-state index contributed by atoms with van der Waals surface area (Å²) in [5, 5.41) is 17.5. The highest BCUT2D eigenvalue weighted by molar-refractivity contribution is 6.35. The van der Waals surface area contributed by atoms with E-state index in [1.807, 2.05) is 6.92 Å². The van der Waals surface area contributed by atoms with Crippen LogP contribution in [-0.2, 0) is 6.54 Å². The Hall–Kier alpha value is -1.14. The van der Waals surface area contributed by atoms with Crippen LogP contribution >= 0.6 is 23.2 Å². The SMILES string of the molecule is C[C@@H](NC[C@H](O)Cn1cccn1)c1cc(F)c(Cl)cc1Cl. The van der Waals surface area contributed by atoms with Crippen molar-refractivity contribution in [3.05, 3.63) is 52.0 Å². The molecule has 114 valence electrons. The number of hydrogen-bond donors (Lipinski definition) is 2. The fraction of sp³-hybridized carbons (Fsp3) is 0.357. The quantitative estimate of drug-likeness (QED) is 0.800. The Morgan fingerprint density at radius 2 is 2.14 bits per heavy atom. The van der Waals surface area contributed by atoms with Crippen molar-refractivity contribution in [1.82, 2.24) is 15.1 Å². The summed E-state index contributed by atoms with van der Waals surface area (Å²) in [7, 11) is 0. The molecular weight excluding hydrogens is 316 g/mol. The smallest absolute Gasteiger partial charge is 0.142 e. The molecule has 0 bridgehead atoms. The summed E-state index contributed by atoms with van der Waals surface area (Å²) in [6, 6.07) is 4.27. The lowest BCUT2D eigenvalue weighted by atomic mass is 10.1. The first-order valence-corrected chi connectivity index (χ1v) is 7.26. The third-order valence-electron chi connectivity index (χ3n) is 3.12. The number of aliphatic hydroxyl groups excluding tert-OH is 1. The molecule has 21 heavy (non-hydrogen) atoms. The van der Waals surface area contributed by atoms with E-state index < -0.39 is 11.9 Å². The highest BCUT2D eigenvalue weighted by atomic mass is 35.5. The van der Waals surface area contributed by atoms with Gasteiger partial charge in [-0.1, -0.05) is 23.2 Å². The van der Waals surface area contributed by atoms with Gasteiger partial charge in [-0.2, -0.15) is 5.10 Å². The number of nitrogens with one attached hydrogen (secondary N) is 1. The standard InChI is InChI=1S/C14H16Cl2FN3O/c1-9(11-5-14(17)13(16)6-12(11)15)18-7-10(21)8-20-4-2-3-19-20/h2-6,9-10,18,21H,7-8H2,1H3/t9-,10+/m1/s1. The van der Waals surface area contributed by atoms with Crippen LogP contribution in [0.3, 0.4) is 0 Å². The maximum Gasteiger partial charge on any atom is 0.142 e. The highest BCUT2D eigenvalue weighted by Gasteiger charge is 2.14. The average Bonchev–Trinajstić information content (AvgIpc) is 2.93. The minimum Gasteiger partial charge on any atom is -0.390 e. The molecule has 0 aliphatic rings. The predicted molar refractivity (Wildman–Crippen MR) is 81.1 cm³/mol. The van der Waals surface area contributed by atoms with Gasteiger partial charge >= 0.3 is 0 Å². The van der Waals surface area contributed by atoms with Gasteiger partial charge in [0.25, 0.3) is 0 Å². The van der Waals surface area contributed by atoms with Gasteiger partial charge in [0.05, 0.1) is 17.7 Å². The van der Waals surface area contributed by atoms with E-state index >= 15 is 0 Å². The summed E-state index contributed by atoms with van der Waals surface area (Å²) in [4.78, 5) is 0. The summed E-state index contributed by atoms with van der Waals surface area (Å²) >= 11 is 11.7. The van der Waals surface area contributed by atoms with Crippen molar-refractivity contribution >= 4 is 23.2 Å². The number of rotatable bonds is 6. The van der Waals surface area contributed by atoms with Gasteiger partial charge in [-0.25, -0.2) is 4.39 Å². The number of aromatic nitrogens is 2. The Labute approximate surface area is 132 Å². The van der Waals surface area contributed by atoms with Crippen LogP contribution in [0, 0.1) is 5.82 Å². The number of halogens is 3. The normalized spacial score (nSPS) is 14.1. The molecule has 2 atom stereocenters. The Morgan fingerprint density at radius 1 is 1.38 bits per heavy atom. The van der Waals surface area contributed by atoms with E-state index in [-0.39, 0.29) is 11.1 Å². The maximum atomic E-state index is 13.5. The minimum atomic E-state index is -0.608. The van der Waals surface area contributed by atoms with E-state index in [4.69, 9.17) is 23.2 Å². The van der Waals surface area contributed by atoms with Crippen LogP contribution in [-0.4, -0.2) is 27.5 Å². The van der Waals surface area contributed by atoms with E-state index in [1.165, 1.54) is 12.1 Å². The summed E-state index contributed by atoms with van der Waals surface area (Å²) in [5.41, 5.74) is 0.602. The lowest BCUT2D eigenvalue weighted by Crippen LogP contribution is -2.32. The van der Waals surface area contributed by atoms with Gasteiger partial charge in [0, 0.05) is 30.0 Å². The Morgan fingerprint density at radius 3 is 2.81 bits per heavy atom. The van der Waals surface area contributed by atoms with Crippen LogP contribution in [0.25, 0.3) is 0 Å². The zero-order valence-corrected chi connectivity index (χ0v) is 12.9. The number of benzene rings is 1. The molecule has 1 heterocycles. The third kappa shape index (κ3) is 4.41. The van der Waals surface area contributed by atoms with Gasteiger partial charge in [-0.05, 0) is 30.7 Å². The summed E-state index contributed by atoms with van der Waals surface area (Å²) in [5.74, 6) is -0.512. The van der Waals surface area contributed by atoms with Crippen LogP contribution in [0.15, 0.2) is 30.6 Å². The first-order valence-electron chi connectivity index (χ1n) is 6.50. The first kappa shape index (κ1) is 16.2. The monoisotopic (exact) mass is 331 g/mol. The molecule has 0 saturated heterocycles. The molecule has 0 amide bonds. The van der Waals surface area contributed by atoms with E-state index in [0.29, 0.717) is 23.7 Å². The molecule has 0 spiro atoms. The van der Waals surface area contributed by atoms with E-state index in [0.717, 1.165) is 0 Å². The lowest BCUT2D eigenvalue weighted by Gasteiger charge is -2.19. The summed E-state index contributed by atoms with van der Waals surface area (Å²) < 4.78 is 15.1. The van der Waals surface area contributed by atoms with Crippen molar-refractivity contribution in [3.63, 3.8) is 0 Å². The molecule has 0 aliphatic carbocycles. The maximum absolute atomic E-state index is 13.5. The molecule has 0 aliphatic heterocycles. The summed E-state index contributed by atoms with van der Waals surface area (Å²) in [6.45, 7) is 2.56. The second kappa shape index (κ2) is 7.22. The second-order valence-corrected chi connectivity index (χ2v) is 5.61. The van der Waals surface area contributed by atoms with Crippen molar-refractivity contribution in [2.75, 3.05) is 6.54 Å². The van der Waals surface area contributed by atoms with Crippen molar-refractivity contribution < 1.29 is 9.50 Å². The molecular formula is C14H16Cl2FN3O. The van der Waals surface area contributed by atoms with Crippen molar-refractivity contribution in [2.24, 2.45) is 0 Å². The Bertz CT molecular complexity index is 592. The molecule has 0 fully saturated rings. The Kier molecular flexibility index (Phi) is 5.58. The molecule has 0 saturated carbocycles. The summed E-state index contributed by atoms with van der Waals surface area (Å²) in [6.07, 6.45) is 2.82. The average molecular weight is 332 g/mol. The number of nitrogens with zero attached hydrogens (tertiary/aromatic N) is 2. The molecule has 2 aromatic rings. The molecule has 0 unspecified atom stereocenters. The molecule has 1 aromatic heterocycles. The molecule has 1 aromatic carbocycles. The predicted octanol–water partition coefficient (Wildman–Crippen LogP) is 3.04. The molecule has 4 nitrogen and oxygen atoms in total. The Balaban J connectivity index is 1.92. The van der Waals surface area contributed by atoms with E-state index in [9.17, 15) is 9.50 Å². The van der Waals surface area contributed by atoms with Gasteiger partial charge in [-0.3, -0.25) is 4.68 Å². The second-order valence-electron chi connectivity index (χ2n) is 4.80. The van der Waals surface area contributed by atoms with Crippen LogP contribution < -0.4 is 5.32 Å². The van der Waals surface area contributed by atoms with Crippen LogP contribution in [0.4, 0.5) is 4.39 Å². The van der Waals surface area contributed by atoms with E-state index in [2.05, 4.69) is 10.4 Å². The van der Waals surface area contributed by atoms with Crippen molar-refractivity contribution in [1.29, 1.82) is 0 Å². The van der Waals surface area contributed by atoms with Gasteiger partial charge in [0.15, 0.2) is 0 Å². The zero-order valence-electron chi connectivity index (χ0n) is 11.4. The minimum absolute atomic E-state index is 0.00494. The lowest BCUT2D eigenvalue weighted by molar-refractivity contribution is 0.143. The van der Waals surface area contributed by atoms with Crippen LogP contribution in [0.2, 0.25) is 10.0 Å². The van der Waals surface area contributed by atoms with Crippen LogP contribution in [0.1, 0.15) is 18.5 Å². The fourth-order valence-corrected chi connectivity index (χ4v) is 2.53. The molecule has 7 heteroatoms. The third-order valence-corrected chi connectivity index (χ3v) is 3.74. The van der Waals surface area contributed by atoms with E-state index in [1.54, 1.807) is 23.1 Å². The molecule has 2 rings (SSSR count). The van der Waals surface area contributed by atoms with Crippen molar-refractivity contribution in [2.45, 2.75) is 25.6 Å². The van der Waals surface area contributed by atoms with Gasteiger partial charge in [-0.15, -0.1) is 0 Å². The largest absolute Gasteiger partial charge is 0.390 e. The highest BCUT2D eigenvalue weighted by Crippen LogP contribution is 2.28. The fourth-order valence-electron chi connectivity index (χ4n) is 1.98. The van der Waals surface area contributed by atoms with Gasteiger partial charge in [0.2, 0.25) is 0 Å². The topological polar surface area (TPSA) is 50.1 Å². The van der Waals surface area contributed by atoms with Gasteiger partial charge in [0.1, 0.15) is 5.82 Å².